The summed E-state index contributed by atoms with van der Waals surface area (Å²) in [5.41, 5.74) is 0.642. The third-order valence-electron chi connectivity index (χ3n) is 8.73. The number of carboxylic acid groups (broad SMARTS) is 1. The van der Waals surface area contributed by atoms with Crippen LogP contribution in [0.25, 0.3) is 11.1 Å². The van der Waals surface area contributed by atoms with Crippen molar-refractivity contribution in [1.29, 1.82) is 0 Å². The number of amides is 2. The van der Waals surface area contributed by atoms with Crippen LogP contribution < -0.4 is 15.4 Å². The predicted octanol–water partition coefficient (Wildman–Crippen LogP) is 4.89. The normalized spacial score (nSPS) is 28.0. The highest BCUT2D eigenvalue weighted by molar-refractivity contribution is 7.13. The molecular formula is C32H39N5O6S. The van der Waals surface area contributed by atoms with Crippen molar-refractivity contribution in [3.63, 3.8) is 0 Å². The number of nitrogens with one attached hydrogen (secondary N) is 2. The molecule has 12 heteroatoms. The zero-order valence-corrected chi connectivity index (χ0v) is 26.1. The molecule has 11 nitrogen and oxygen atoms in total. The summed E-state index contributed by atoms with van der Waals surface area (Å²) in [4.78, 5) is 51.2. The van der Waals surface area contributed by atoms with E-state index in [4.69, 9.17) is 14.1 Å². The molecule has 0 radical (unpaired) electrons. The number of carboxylic acids is 1. The van der Waals surface area contributed by atoms with E-state index in [9.17, 15) is 19.5 Å². The highest BCUT2D eigenvalue weighted by atomic mass is 32.1. The molecule has 234 valence electrons. The number of nitrogens with zero attached hydrogens (tertiary/aromatic N) is 3. The van der Waals surface area contributed by atoms with Crippen molar-refractivity contribution in [2.24, 2.45) is 5.92 Å². The van der Waals surface area contributed by atoms with Crippen LogP contribution >= 0.6 is 11.3 Å². The Balaban J connectivity index is 1.28. The fourth-order valence-corrected chi connectivity index (χ4v) is 7.02. The van der Waals surface area contributed by atoms with Gasteiger partial charge in [0.05, 0.1) is 12.2 Å². The third kappa shape index (κ3) is 6.17. The van der Waals surface area contributed by atoms with Crippen molar-refractivity contribution in [2.45, 2.75) is 94.9 Å². The monoisotopic (exact) mass is 621 g/mol. The molecule has 1 aromatic carbocycles. The number of carbonyl (C=O) groups excluding carboxylic acids is 2. The van der Waals surface area contributed by atoms with Crippen LogP contribution in [-0.4, -0.2) is 68.0 Å². The minimum Gasteiger partial charge on any atom is -0.479 e. The number of oxazole rings is 1. The van der Waals surface area contributed by atoms with Crippen LogP contribution in [0.2, 0.25) is 0 Å². The molecule has 6 rings (SSSR count). The van der Waals surface area contributed by atoms with Crippen LogP contribution in [0.1, 0.15) is 71.4 Å². The largest absolute Gasteiger partial charge is 0.479 e. The molecule has 2 aliphatic heterocycles. The predicted molar refractivity (Wildman–Crippen MR) is 166 cm³/mol. The summed E-state index contributed by atoms with van der Waals surface area (Å²) in [6.07, 6.45) is 7.93. The van der Waals surface area contributed by atoms with Crippen LogP contribution in [-0.2, 0) is 19.8 Å². The van der Waals surface area contributed by atoms with Crippen molar-refractivity contribution >= 4 is 45.4 Å². The van der Waals surface area contributed by atoms with Gasteiger partial charge in [0.15, 0.2) is 10.7 Å². The number of fused-ring (bicyclic) bond motifs is 3. The number of hydrogen-bond donors (Lipinski definition) is 3. The first-order chi connectivity index (χ1) is 21.0. The van der Waals surface area contributed by atoms with Gasteiger partial charge in [0, 0.05) is 23.1 Å². The van der Waals surface area contributed by atoms with Crippen LogP contribution in [0.3, 0.4) is 0 Å². The van der Waals surface area contributed by atoms with Gasteiger partial charge in [0.1, 0.15) is 29.2 Å². The van der Waals surface area contributed by atoms with Gasteiger partial charge in [-0.15, -0.1) is 11.3 Å². The Morgan fingerprint density at radius 2 is 2.02 bits per heavy atom. The van der Waals surface area contributed by atoms with Crippen molar-refractivity contribution < 1.29 is 28.6 Å². The first-order valence-corrected chi connectivity index (χ1v) is 16.2. The number of aliphatic carboxylic acids is 1. The van der Waals surface area contributed by atoms with Gasteiger partial charge in [-0.25, -0.2) is 9.78 Å². The van der Waals surface area contributed by atoms with E-state index in [1.165, 1.54) is 16.2 Å². The molecule has 0 spiro atoms. The molecular weight excluding hydrogens is 582 g/mol. The van der Waals surface area contributed by atoms with Gasteiger partial charge in [0.25, 0.3) is 0 Å². The highest BCUT2D eigenvalue weighted by Gasteiger charge is 2.61. The second-order valence-corrected chi connectivity index (χ2v) is 13.9. The SMILES string of the molecule is CC(C)(C)c1csc(N[C@H]2CCCCCC=C[C@@H]3C[C@@]3(C(=O)O)NC(=O)[C@@H]3C[C@@H](Oc4nc5ccccc5o4)CN3C2=O)n1. The molecule has 5 atom stereocenters. The lowest BCUT2D eigenvalue weighted by atomic mass is 9.93. The Labute approximate surface area is 260 Å². The number of benzene rings is 1. The first-order valence-electron chi connectivity index (χ1n) is 15.3. The molecule has 1 saturated carbocycles. The van der Waals surface area contributed by atoms with Crippen LogP contribution in [0.5, 0.6) is 6.08 Å². The van der Waals surface area contributed by atoms with Crippen molar-refractivity contribution in [2.75, 3.05) is 11.9 Å². The van der Waals surface area contributed by atoms with Gasteiger partial charge in [-0.2, -0.15) is 4.98 Å². The smallest absolute Gasteiger partial charge is 0.394 e. The van der Waals surface area contributed by atoms with Gasteiger partial charge in [-0.05, 0) is 37.8 Å². The summed E-state index contributed by atoms with van der Waals surface area (Å²) in [6.45, 7) is 6.40. The van der Waals surface area contributed by atoms with E-state index < -0.39 is 35.6 Å². The molecule has 2 amide bonds. The Morgan fingerprint density at radius 3 is 2.77 bits per heavy atom. The number of aromatic nitrogens is 2. The molecule has 3 aliphatic rings. The number of para-hydroxylation sites is 2. The number of rotatable bonds is 5. The minimum absolute atomic E-state index is 0.0633. The van der Waals surface area contributed by atoms with Gasteiger partial charge in [-0.1, -0.05) is 57.9 Å². The maximum absolute atomic E-state index is 14.3. The Morgan fingerprint density at radius 1 is 1.20 bits per heavy atom. The van der Waals surface area contributed by atoms with E-state index in [0.717, 1.165) is 31.4 Å². The van der Waals surface area contributed by atoms with E-state index in [1.54, 1.807) is 6.07 Å². The molecule has 1 saturated heterocycles. The lowest BCUT2D eigenvalue weighted by molar-refractivity contribution is -0.145. The van der Waals surface area contributed by atoms with Gasteiger partial charge in [0.2, 0.25) is 11.8 Å². The topological polar surface area (TPSA) is 147 Å². The zero-order valence-electron chi connectivity index (χ0n) is 25.2. The van der Waals surface area contributed by atoms with E-state index in [1.807, 2.05) is 35.7 Å². The Bertz CT molecular complexity index is 1540. The Hall–Kier alpha value is -3.93. The number of thiazole rings is 1. The highest BCUT2D eigenvalue weighted by Crippen LogP contribution is 2.45. The van der Waals surface area contributed by atoms with Crippen LogP contribution in [0.15, 0.2) is 46.2 Å². The first kappa shape index (κ1) is 30.1. The summed E-state index contributed by atoms with van der Waals surface area (Å²) < 4.78 is 11.9. The second kappa shape index (κ2) is 11.9. The molecule has 0 unspecified atom stereocenters. The summed E-state index contributed by atoms with van der Waals surface area (Å²) in [7, 11) is 0. The third-order valence-corrected chi connectivity index (χ3v) is 9.51. The van der Waals surface area contributed by atoms with Crippen molar-refractivity contribution in [3.05, 3.63) is 47.5 Å². The average molecular weight is 622 g/mol. The zero-order chi connectivity index (χ0) is 31.1. The van der Waals surface area contributed by atoms with Crippen molar-refractivity contribution in [1.82, 2.24) is 20.2 Å². The van der Waals surface area contributed by atoms with Crippen molar-refractivity contribution in [3.8, 4) is 6.08 Å². The van der Waals surface area contributed by atoms with Gasteiger partial charge >= 0.3 is 12.0 Å². The summed E-state index contributed by atoms with van der Waals surface area (Å²) in [6, 6.07) is 5.75. The van der Waals surface area contributed by atoms with Crippen LogP contribution in [0, 0.1) is 5.92 Å². The average Bonchev–Trinajstić information content (AvgIpc) is 3.36. The maximum Gasteiger partial charge on any atom is 0.394 e. The quantitative estimate of drug-likeness (QED) is 0.339. The molecule has 2 aromatic heterocycles. The summed E-state index contributed by atoms with van der Waals surface area (Å²) in [5, 5.41) is 18.9. The fraction of sp³-hybridized carbons (Fsp3) is 0.531. The van der Waals surface area contributed by atoms with E-state index in [0.29, 0.717) is 29.1 Å². The molecule has 0 bridgehead atoms. The second-order valence-electron chi connectivity index (χ2n) is 13.1. The molecule has 44 heavy (non-hydrogen) atoms. The van der Waals surface area contributed by atoms with E-state index in [2.05, 4.69) is 36.4 Å². The van der Waals surface area contributed by atoms with E-state index in [-0.39, 0.29) is 36.3 Å². The summed E-state index contributed by atoms with van der Waals surface area (Å²) >= 11 is 1.46. The number of allylic oxidation sites excluding steroid dienone is 1. The van der Waals surface area contributed by atoms with Crippen LogP contribution in [0.4, 0.5) is 5.13 Å². The molecule has 3 N–H and O–H groups in total. The number of hydrogen-bond acceptors (Lipinski definition) is 9. The summed E-state index contributed by atoms with van der Waals surface area (Å²) in [5.74, 6) is -2.11. The standard InChI is InChI=1S/C32H39N5O6S/c1-31(2,3)25-18-44-29(35-25)33-22-13-8-6-4-5-7-11-19-16-32(19,28(40)41)36-26(38)23-15-20(17-37(23)27(22)39)42-30-34-21-12-9-10-14-24(21)43-30/h7,9-12,14,18-20,22-23H,4-6,8,13,15-17H2,1-3H3,(H,33,35)(H,36,38)(H,40,41)/t19-,20-,22+,23+,32-/m1/s1. The molecule has 4 heterocycles. The minimum atomic E-state index is -1.37. The molecule has 2 fully saturated rings. The van der Waals surface area contributed by atoms with Gasteiger partial charge < -0.3 is 29.8 Å². The van der Waals surface area contributed by atoms with E-state index >= 15 is 0 Å². The number of anilines is 1. The lowest BCUT2D eigenvalue weighted by Gasteiger charge is -2.29. The fourth-order valence-electron chi connectivity index (χ4n) is 6.02. The molecule has 3 aromatic rings. The van der Waals surface area contributed by atoms with Gasteiger partial charge in [-0.3, -0.25) is 9.59 Å². The number of ether oxygens (including phenoxy) is 1. The Kier molecular flexibility index (Phi) is 8.12. The maximum atomic E-state index is 14.3. The lowest BCUT2D eigenvalue weighted by Crippen LogP contribution is -2.55. The number of carbonyl (C=O) groups is 3. The molecule has 1 aliphatic carbocycles.